The van der Waals surface area contributed by atoms with Crippen LogP contribution in [0.1, 0.15) is 38.9 Å². The number of benzene rings is 6. The highest BCUT2D eigenvalue weighted by Crippen LogP contribution is 2.57. The Kier molecular flexibility index (Phi) is 7.01. The second-order valence-corrected chi connectivity index (χ2v) is 12.1. The van der Waals surface area contributed by atoms with E-state index in [0.717, 1.165) is 61.4 Å². The SMILES string of the molecule is Cc1c(C2(c3cc(-c4ccccc4)c(O)c(C)c3C)C(=O)N(c3ccccc3)c3ccccc32)cc(-c2ccccc2)c(O)c1C. The molecule has 0 bridgehead atoms. The van der Waals surface area contributed by atoms with Crippen molar-refractivity contribution in [3.05, 3.63) is 166 Å². The maximum atomic E-state index is 15.7. The second-order valence-electron chi connectivity index (χ2n) is 12.1. The number of nitrogens with zero attached hydrogens (tertiary/aromatic N) is 1. The molecule has 0 saturated heterocycles. The lowest BCUT2D eigenvalue weighted by atomic mass is 9.65. The highest BCUT2D eigenvalue weighted by atomic mass is 16.3. The molecule has 6 aromatic carbocycles. The zero-order valence-corrected chi connectivity index (χ0v) is 26.4. The van der Waals surface area contributed by atoms with Gasteiger partial charge in [0.15, 0.2) is 0 Å². The standard InChI is InChI=1S/C42H35NO3/c1-26-28(3)39(44)33(30-16-8-5-9-17-30)24-36(26)42(37-25-34(31-18-10-6-11-19-31)40(45)29(4)27(37)2)35-22-14-15-23-38(35)43(41(42)46)32-20-12-7-13-21-32/h5-25,44-45H,1-4H3. The molecular formula is C42H35NO3. The third-order valence-electron chi connectivity index (χ3n) is 9.80. The molecule has 0 radical (unpaired) electrons. The number of phenols is 2. The first-order chi connectivity index (χ1) is 22.3. The molecule has 1 heterocycles. The van der Waals surface area contributed by atoms with Crippen molar-refractivity contribution in [1.29, 1.82) is 0 Å². The Hall–Kier alpha value is -5.61. The number of hydrogen-bond donors (Lipinski definition) is 2. The fourth-order valence-electron chi connectivity index (χ4n) is 7.14. The summed E-state index contributed by atoms with van der Waals surface area (Å²) in [5, 5.41) is 23.1. The van der Waals surface area contributed by atoms with Gasteiger partial charge in [0.05, 0.1) is 5.69 Å². The fourth-order valence-corrected chi connectivity index (χ4v) is 7.14. The van der Waals surface area contributed by atoms with Crippen molar-refractivity contribution in [3.8, 4) is 33.8 Å². The van der Waals surface area contributed by atoms with Gasteiger partial charge in [0.1, 0.15) is 16.9 Å². The van der Waals surface area contributed by atoms with E-state index in [1.54, 1.807) is 0 Å². The van der Waals surface area contributed by atoms with E-state index < -0.39 is 5.41 Å². The van der Waals surface area contributed by atoms with Crippen molar-refractivity contribution in [3.63, 3.8) is 0 Å². The van der Waals surface area contributed by atoms with E-state index in [4.69, 9.17) is 0 Å². The van der Waals surface area contributed by atoms with Crippen LogP contribution in [-0.4, -0.2) is 16.1 Å². The number of aromatic hydroxyl groups is 2. The molecular weight excluding hydrogens is 566 g/mol. The topological polar surface area (TPSA) is 60.8 Å². The van der Waals surface area contributed by atoms with Gasteiger partial charge >= 0.3 is 0 Å². The normalized spacial score (nSPS) is 13.6. The van der Waals surface area contributed by atoms with Gasteiger partial charge in [-0.3, -0.25) is 9.69 Å². The van der Waals surface area contributed by atoms with Crippen LogP contribution in [0.2, 0.25) is 0 Å². The highest BCUT2D eigenvalue weighted by molar-refractivity contribution is 6.17. The molecule has 1 aliphatic rings. The van der Waals surface area contributed by atoms with Crippen LogP contribution < -0.4 is 4.90 Å². The van der Waals surface area contributed by atoms with Crippen molar-refractivity contribution in [1.82, 2.24) is 0 Å². The minimum Gasteiger partial charge on any atom is -0.507 e. The van der Waals surface area contributed by atoms with Gasteiger partial charge in [-0.2, -0.15) is 0 Å². The summed E-state index contributed by atoms with van der Waals surface area (Å²) in [5.74, 6) is 0.286. The van der Waals surface area contributed by atoms with Crippen LogP contribution in [0.15, 0.2) is 127 Å². The molecule has 0 spiro atoms. The first kappa shape index (κ1) is 29.1. The van der Waals surface area contributed by atoms with Crippen molar-refractivity contribution in [2.24, 2.45) is 0 Å². The predicted molar refractivity (Wildman–Crippen MR) is 186 cm³/mol. The van der Waals surface area contributed by atoms with Crippen LogP contribution in [0.3, 0.4) is 0 Å². The molecule has 0 aliphatic carbocycles. The highest BCUT2D eigenvalue weighted by Gasteiger charge is 2.55. The minimum atomic E-state index is -1.30. The van der Waals surface area contributed by atoms with Gasteiger partial charge in [0, 0.05) is 22.4 Å². The Balaban J connectivity index is 1.66. The van der Waals surface area contributed by atoms with Gasteiger partial charge < -0.3 is 10.2 Å². The number of para-hydroxylation sites is 2. The molecule has 0 aromatic heterocycles. The fraction of sp³-hybridized carbons (Fsp3) is 0.119. The summed E-state index contributed by atoms with van der Waals surface area (Å²) in [6.45, 7) is 7.81. The summed E-state index contributed by atoms with van der Waals surface area (Å²) in [6.07, 6.45) is 0. The zero-order chi connectivity index (χ0) is 32.2. The lowest BCUT2D eigenvalue weighted by Crippen LogP contribution is -2.42. The molecule has 46 heavy (non-hydrogen) atoms. The number of carbonyl (C=O) groups excluding carboxylic acids is 1. The van der Waals surface area contributed by atoms with E-state index in [0.29, 0.717) is 11.1 Å². The molecule has 0 unspecified atom stereocenters. The van der Waals surface area contributed by atoms with E-state index in [1.165, 1.54) is 0 Å². The van der Waals surface area contributed by atoms with Gasteiger partial charge in [-0.25, -0.2) is 0 Å². The van der Waals surface area contributed by atoms with E-state index in [-0.39, 0.29) is 17.4 Å². The number of anilines is 2. The number of carbonyl (C=O) groups is 1. The maximum Gasteiger partial charge on any atom is 0.251 e. The molecule has 1 aliphatic heterocycles. The third-order valence-corrected chi connectivity index (χ3v) is 9.80. The van der Waals surface area contributed by atoms with Crippen molar-refractivity contribution >= 4 is 17.3 Å². The molecule has 226 valence electrons. The lowest BCUT2D eigenvalue weighted by molar-refractivity contribution is -0.120. The summed E-state index contributed by atoms with van der Waals surface area (Å²) >= 11 is 0. The Morgan fingerprint density at radius 3 is 1.39 bits per heavy atom. The van der Waals surface area contributed by atoms with Crippen LogP contribution in [0.25, 0.3) is 22.3 Å². The summed E-state index contributed by atoms with van der Waals surface area (Å²) in [7, 11) is 0. The summed E-state index contributed by atoms with van der Waals surface area (Å²) in [6, 6.07) is 41.4. The maximum absolute atomic E-state index is 15.7. The average molecular weight is 602 g/mol. The Morgan fingerprint density at radius 1 is 0.500 bits per heavy atom. The Labute approximate surface area is 269 Å². The Bertz CT molecular complexity index is 2020. The molecule has 0 saturated carbocycles. The third kappa shape index (κ3) is 4.17. The Morgan fingerprint density at radius 2 is 0.913 bits per heavy atom. The summed E-state index contributed by atoms with van der Waals surface area (Å²) in [5.41, 5.74) is 8.88. The molecule has 0 atom stereocenters. The van der Waals surface area contributed by atoms with E-state index >= 15 is 4.79 Å². The molecule has 0 fully saturated rings. The second kappa shape index (κ2) is 11.1. The molecule has 2 N–H and O–H groups in total. The van der Waals surface area contributed by atoms with Crippen molar-refractivity contribution in [2.45, 2.75) is 33.1 Å². The van der Waals surface area contributed by atoms with E-state index in [9.17, 15) is 10.2 Å². The first-order valence-corrected chi connectivity index (χ1v) is 15.5. The average Bonchev–Trinajstić information content (AvgIpc) is 3.35. The van der Waals surface area contributed by atoms with Gasteiger partial charge in [-0.05, 0) is 103 Å². The molecule has 7 rings (SSSR count). The van der Waals surface area contributed by atoms with Crippen LogP contribution >= 0.6 is 0 Å². The number of rotatable bonds is 5. The van der Waals surface area contributed by atoms with E-state index in [1.807, 2.05) is 160 Å². The zero-order valence-electron chi connectivity index (χ0n) is 26.4. The van der Waals surface area contributed by atoms with Crippen molar-refractivity contribution in [2.75, 3.05) is 4.90 Å². The van der Waals surface area contributed by atoms with Crippen LogP contribution in [-0.2, 0) is 10.2 Å². The minimum absolute atomic E-state index is 0.112. The first-order valence-electron chi connectivity index (χ1n) is 15.5. The van der Waals surface area contributed by atoms with Gasteiger partial charge in [-0.1, -0.05) is 97.1 Å². The predicted octanol–water partition coefficient (Wildman–Crippen LogP) is 9.68. The van der Waals surface area contributed by atoms with Crippen LogP contribution in [0.5, 0.6) is 11.5 Å². The van der Waals surface area contributed by atoms with Crippen LogP contribution in [0.4, 0.5) is 11.4 Å². The van der Waals surface area contributed by atoms with E-state index in [2.05, 4.69) is 0 Å². The summed E-state index contributed by atoms with van der Waals surface area (Å²) in [4.78, 5) is 17.5. The van der Waals surface area contributed by atoms with Gasteiger partial charge in [0.25, 0.3) is 5.91 Å². The summed E-state index contributed by atoms with van der Waals surface area (Å²) < 4.78 is 0. The van der Waals surface area contributed by atoms with Crippen molar-refractivity contribution < 1.29 is 15.0 Å². The van der Waals surface area contributed by atoms with Crippen LogP contribution in [0, 0.1) is 27.7 Å². The van der Waals surface area contributed by atoms with Gasteiger partial charge in [0.2, 0.25) is 0 Å². The number of fused-ring (bicyclic) bond motifs is 1. The quantitative estimate of drug-likeness (QED) is 0.207. The monoisotopic (exact) mass is 601 g/mol. The number of amides is 1. The molecule has 4 heteroatoms. The number of phenolic OH excluding ortho intramolecular Hbond substituents is 2. The molecule has 1 amide bonds. The molecule has 6 aromatic rings. The smallest absolute Gasteiger partial charge is 0.251 e. The lowest BCUT2D eigenvalue weighted by Gasteiger charge is -2.35. The van der Waals surface area contributed by atoms with Gasteiger partial charge in [-0.15, -0.1) is 0 Å². The molecule has 4 nitrogen and oxygen atoms in total. The largest absolute Gasteiger partial charge is 0.507 e. The number of hydrogen-bond acceptors (Lipinski definition) is 3.